The molecule has 0 saturated heterocycles. The van der Waals surface area contributed by atoms with Crippen LogP contribution in [-0.4, -0.2) is 10.9 Å². The fourth-order valence-corrected chi connectivity index (χ4v) is 3.47. The molecule has 0 radical (unpaired) electrons. The van der Waals surface area contributed by atoms with Gasteiger partial charge in [0, 0.05) is 28.8 Å². The summed E-state index contributed by atoms with van der Waals surface area (Å²) in [6, 6.07) is 14.6. The van der Waals surface area contributed by atoms with Gasteiger partial charge in [-0.15, -0.1) is 0 Å². The van der Waals surface area contributed by atoms with Gasteiger partial charge in [-0.05, 0) is 24.3 Å². The minimum Gasteiger partial charge on any atom is -0.463 e. The molecule has 0 spiro atoms. The van der Waals surface area contributed by atoms with Crippen LogP contribution in [0.2, 0.25) is 10.0 Å². The molecule has 0 unspecified atom stereocenters. The van der Waals surface area contributed by atoms with Crippen LogP contribution in [0.15, 0.2) is 76.1 Å². The summed E-state index contributed by atoms with van der Waals surface area (Å²) in [5.41, 5.74) is 0.487. The largest absolute Gasteiger partial charge is 0.463 e. The van der Waals surface area contributed by atoms with Gasteiger partial charge in [0.05, 0.1) is 26.5 Å². The highest BCUT2D eigenvalue weighted by Crippen LogP contribution is 2.29. The van der Waals surface area contributed by atoms with Crippen LogP contribution < -0.4 is 10.2 Å². The lowest BCUT2D eigenvalue weighted by Crippen LogP contribution is -2.10. The van der Waals surface area contributed by atoms with Crippen LogP contribution in [-0.2, 0) is 0 Å². The van der Waals surface area contributed by atoms with Crippen LogP contribution in [0.3, 0.4) is 0 Å². The van der Waals surface area contributed by atoms with Crippen LogP contribution in [0.4, 0.5) is 5.69 Å². The molecule has 7 nitrogen and oxygen atoms in total. The van der Waals surface area contributed by atoms with Crippen molar-refractivity contribution < 1.29 is 18.9 Å². The van der Waals surface area contributed by atoms with Gasteiger partial charge in [-0.3, -0.25) is 14.9 Å². The number of benzene rings is 3. The van der Waals surface area contributed by atoms with Gasteiger partial charge < -0.3 is 9.15 Å². The molecule has 0 bridgehead atoms. The fraction of sp³-hybridized carbons (Fsp3) is 0. The molecular weight excluding hydrogens is 445 g/mol. The average molecular weight is 456 g/mol. The van der Waals surface area contributed by atoms with Crippen molar-refractivity contribution in [2.75, 3.05) is 0 Å². The number of non-ortho nitro benzene ring substituents is 1. The average Bonchev–Trinajstić information content (AvgIpc) is 2.74. The number of esters is 1. The molecular formula is C22H11Cl2NO6. The van der Waals surface area contributed by atoms with E-state index < -0.39 is 10.9 Å². The van der Waals surface area contributed by atoms with Crippen molar-refractivity contribution in [2.24, 2.45) is 0 Å². The van der Waals surface area contributed by atoms with E-state index in [0.717, 1.165) is 12.1 Å². The van der Waals surface area contributed by atoms with E-state index in [2.05, 4.69) is 0 Å². The highest BCUT2D eigenvalue weighted by atomic mass is 35.5. The van der Waals surface area contributed by atoms with E-state index in [0.29, 0.717) is 16.1 Å². The monoisotopic (exact) mass is 455 g/mol. The fourth-order valence-electron chi connectivity index (χ4n) is 2.98. The predicted molar refractivity (Wildman–Crippen MR) is 116 cm³/mol. The maximum Gasteiger partial charge on any atom is 0.345 e. The lowest BCUT2D eigenvalue weighted by molar-refractivity contribution is -0.384. The van der Waals surface area contributed by atoms with E-state index in [4.69, 9.17) is 32.4 Å². The second-order valence-electron chi connectivity index (χ2n) is 6.43. The topological polar surface area (TPSA) is 99.7 Å². The number of rotatable bonds is 4. The number of nitrogens with zero attached hydrogens (tertiary/aromatic N) is 1. The summed E-state index contributed by atoms with van der Waals surface area (Å²) < 4.78 is 10.9. The predicted octanol–water partition coefficient (Wildman–Crippen LogP) is 5.89. The van der Waals surface area contributed by atoms with Gasteiger partial charge in [0.25, 0.3) is 5.69 Å². The molecule has 31 heavy (non-hydrogen) atoms. The third-order valence-electron chi connectivity index (χ3n) is 4.50. The van der Waals surface area contributed by atoms with E-state index >= 15 is 0 Å². The van der Waals surface area contributed by atoms with Crippen LogP contribution >= 0.6 is 23.2 Å². The van der Waals surface area contributed by atoms with Crippen LogP contribution in [0.5, 0.6) is 5.75 Å². The Morgan fingerprint density at radius 3 is 2.45 bits per heavy atom. The molecule has 0 aliphatic carbocycles. The summed E-state index contributed by atoms with van der Waals surface area (Å²) in [7, 11) is 0. The van der Waals surface area contributed by atoms with Crippen LogP contribution in [0, 0.1) is 10.1 Å². The van der Waals surface area contributed by atoms with Crippen molar-refractivity contribution in [3.8, 4) is 16.9 Å². The normalized spacial score (nSPS) is 10.8. The van der Waals surface area contributed by atoms with Crippen molar-refractivity contribution in [2.45, 2.75) is 0 Å². The highest BCUT2D eigenvalue weighted by molar-refractivity contribution is 6.34. The number of fused-ring (bicyclic) bond motifs is 1. The van der Waals surface area contributed by atoms with E-state index in [-0.39, 0.29) is 38.4 Å². The van der Waals surface area contributed by atoms with Crippen molar-refractivity contribution in [3.05, 3.63) is 103 Å². The SMILES string of the molecule is O=C(Oc1ccc2c(=O)c(-c3ccccc3Cl)coc2c1)c1ccc([N+](=O)[O-])cc1Cl. The first kappa shape index (κ1) is 20.6. The lowest BCUT2D eigenvalue weighted by atomic mass is 10.1. The summed E-state index contributed by atoms with van der Waals surface area (Å²) >= 11 is 12.1. The zero-order valence-electron chi connectivity index (χ0n) is 15.5. The van der Waals surface area contributed by atoms with Gasteiger partial charge in [0.1, 0.15) is 17.6 Å². The van der Waals surface area contributed by atoms with Crippen molar-refractivity contribution in [1.82, 2.24) is 0 Å². The summed E-state index contributed by atoms with van der Waals surface area (Å²) in [4.78, 5) is 35.5. The number of ether oxygens (including phenoxy) is 1. The van der Waals surface area contributed by atoms with E-state index in [1.54, 1.807) is 24.3 Å². The first-order valence-electron chi connectivity index (χ1n) is 8.82. The number of halogens is 2. The minimum atomic E-state index is -0.811. The summed E-state index contributed by atoms with van der Waals surface area (Å²) in [5.74, 6) is -0.699. The van der Waals surface area contributed by atoms with E-state index in [1.807, 2.05) is 0 Å². The number of nitro groups is 1. The Kier molecular flexibility index (Phi) is 5.46. The van der Waals surface area contributed by atoms with Crippen molar-refractivity contribution in [3.63, 3.8) is 0 Å². The van der Waals surface area contributed by atoms with Gasteiger partial charge in [-0.1, -0.05) is 41.4 Å². The van der Waals surface area contributed by atoms with Gasteiger partial charge in [-0.2, -0.15) is 0 Å². The number of hydrogen-bond donors (Lipinski definition) is 0. The Morgan fingerprint density at radius 1 is 0.968 bits per heavy atom. The summed E-state index contributed by atoms with van der Waals surface area (Å²) in [6.45, 7) is 0. The standard InChI is InChI=1S/C22H11Cl2NO6/c23-18-4-2-1-3-14(18)17-11-30-20-10-13(6-8-16(20)21(17)26)31-22(27)15-7-5-12(25(28)29)9-19(15)24/h1-11H. The van der Waals surface area contributed by atoms with Gasteiger partial charge in [0.15, 0.2) is 0 Å². The molecule has 9 heteroatoms. The number of nitro benzene ring substituents is 1. The third-order valence-corrected chi connectivity index (χ3v) is 5.15. The Bertz CT molecular complexity index is 1410. The Hall–Kier alpha value is -3.68. The van der Waals surface area contributed by atoms with Crippen LogP contribution in [0.1, 0.15) is 10.4 Å². The van der Waals surface area contributed by atoms with Crippen molar-refractivity contribution >= 4 is 45.8 Å². The molecule has 4 rings (SSSR count). The maximum absolute atomic E-state index is 12.9. The lowest BCUT2D eigenvalue weighted by Gasteiger charge is -2.08. The molecule has 0 atom stereocenters. The number of carbonyl (C=O) groups is 1. The molecule has 0 aliphatic heterocycles. The first-order valence-corrected chi connectivity index (χ1v) is 9.57. The van der Waals surface area contributed by atoms with E-state index in [9.17, 15) is 19.7 Å². The second kappa shape index (κ2) is 8.22. The zero-order chi connectivity index (χ0) is 22.1. The van der Waals surface area contributed by atoms with Crippen molar-refractivity contribution in [1.29, 1.82) is 0 Å². The van der Waals surface area contributed by atoms with Gasteiger partial charge >= 0.3 is 5.97 Å². The van der Waals surface area contributed by atoms with Gasteiger partial charge in [-0.25, -0.2) is 4.79 Å². The zero-order valence-corrected chi connectivity index (χ0v) is 17.0. The van der Waals surface area contributed by atoms with E-state index in [1.165, 1.54) is 30.5 Å². The number of carbonyl (C=O) groups excluding carboxylic acids is 1. The smallest absolute Gasteiger partial charge is 0.345 e. The first-order chi connectivity index (χ1) is 14.8. The Balaban J connectivity index is 1.65. The number of hydrogen-bond acceptors (Lipinski definition) is 6. The molecule has 1 heterocycles. The summed E-state index contributed by atoms with van der Waals surface area (Å²) in [6.07, 6.45) is 1.30. The molecule has 3 aromatic carbocycles. The highest BCUT2D eigenvalue weighted by Gasteiger charge is 2.18. The molecule has 0 saturated carbocycles. The molecule has 0 aliphatic rings. The Labute approximate surface area is 184 Å². The van der Waals surface area contributed by atoms with Gasteiger partial charge in [0.2, 0.25) is 5.43 Å². The van der Waals surface area contributed by atoms with Crippen LogP contribution in [0.25, 0.3) is 22.1 Å². The molecule has 0 fully saturated rings. The molecule has 4 aromatic rings. The molecule has 1 aromatic heterocycles. The molecule has 0 N–H and O–H groups in total. The summed E-state index contributed by atoms with van der Waals surface area (Å²) in [5, 5.41) is 11.4. The minimum absolute atomic E-state index is 0.0390. The molecule has 0 amide bonds. The Morgan fingerprint density at radius 2 is 1.74 bits per heavy atom. The quantitative estimate of drug-likeness (QED) is 0.164. The third kappa shape index (κ3) is 4.01. The maximum atomic E-state index is 12.9. The second-order valence-corrected chi connectivity index (χ2v) is 7.24. The molecule has 154 valence electrons.